The van der Waals surface area contributed by atoms with Crippen molar-refractivity contribution >= 4 is 0 Å². The molecule has 106 valence electrons. The fourth-order valence-electron chi connectivity index (χ4n) is 1.83. The van der Waals surface area contributed by atoms with Crippen LogP contribution in [0, 0.1) is 0 Å². The first-order chi connectivity index (χ1) is 11.7. The standard InChI is InChI=1S/C18H24N2/c1-17(2,3)14-9-7-8-13(10-14)15-11-19-12-20-16(15)18(4,5)6/h7-12H,1-6H3/i7D,8D,9D,10D,11D,12D. The highest BCUT2D eigenvalue weighted by atomic mass is 14.8. The summed E-state index contributed by atoms with van der Waals surface area (Å²) in [6, 6.07) is -0.759. The quantitative estimate of drug-likeness (QED) is 0.750. The molecule has 1 aromatic carbocycles. The summed E-state index contributed by atoms with van der Waals surface area (Å²) in [5.41, 5.74) is -0.100. The number of hydrogen-bond donors (Lipinski definition) is 0. The number of nitrogens with zero attached hydrogens (tertiary/aromatic N) is 2. The minimum atomic E-state index is -0.577. The molecule has 2 aromatic rings. The molecule has 0 atom stereocenters. The van der Waals surface area contributed by atoms with E-state index in [0.29, 0.717) is 11.3 Å². The maximum Gasteiger partial charge on any atom is 0.115 e. The number of aromatic nitrogens is 2. The van der Waals surface area contributed by atoms with Gasteiger partial charge in [0.25, 0.3) is 0 Å². The third-order valence-electron chi connectivity index (χ3n) is 2.95. The maximum atomic E-state index is 8.66. The molecule has 0 bridgehead atoms. The van der Waals surface area contributed by atoms with Crippen LogP contribution >= 0.6 is 0 Å². The van der Waals surface area contributed by atoms with Crippen LogP contribution in [-0.2, 0) is 10.8 Å². The van der Waals surface area contributed by atoms with E-state index in [0.717, 1.165) is 0 Å². The smallest absolute Gasteiger partial charge is 0.115 e. The zero-order valence-electron chi connectivity index (χ0n) is 18.9. The van der Waals surface area contributed by atoms with E-state index in [2.05, 4.69) is 9.97 Å². The number of rotatable bonds is 1. The van der Waals surface area contributed by atoms with Gasteiger partial charge in [-0.25, -0.2) is 9.97 Å². The van der Waals surface area contributed by atoms with Crippen molar-refractivity contribution in [2.24, 2.45) is 0 Å². The van der Waals surface area contributed by atoms with Gasteiger partial charge in [0.05, 0.1) is 12.5 Å². The zero-order valence-corrected chi connectivity index (χ0v) is 12.9. The summed E-state index contributed by atoms with van der Waals surface area (Å²) in [6.45, 7) is 11.2. The average molecular weight is 274 g/mol. The van der Waals surface area contributed by atoms with Gasteiger partial charge in [-0.2, -0.15) is 0 Å². The molecule has 0 aliphatic carbocycles. The Labute approximate surface area is 130 Å². The van der Waals surface area contributed by atoms with Crippen LogP contribution < -0.4 is 0 Å². The molecule has 0 aliphatic heterocycles. The topological polar surface area (TPSA) is 25.8 Å². The van der Waals surface area contributed by atoms with Crippen LogP contribution in [0.2, 0.25) is 0 Å². The van der Waals surface area contributed by atoms with E-state index in [1.807, 2.05) is 41.5 Å². The summed E-state index contributed by atoms with van der Waals surface area (Å²) in [5.74, 6) is 0. The first-order valence-corrected chi connectivity index (χ1v) is 6.64. The molecule has 0 fully saturated rings. The Bertz CT molecular complexity index is 879. The van der Waals surface area contributed by atoms with Crippen LogP contribution in [0.15, 0.2) is 36.6 Å². The van der Waals surface area contributed by atoms with Crippen LogP contribution in [0.1, 0.15) is 61.0 Å². The molecule has 20 heavy (non-hydrogen) atoms. The molecule has 1 heterocycles. The highest BCUT2D eigenvalue weighted by Gasteiger charge is 2.21. The lowest BCUT2D eigenvalue weighted by Crippen LogP contribution is -2.16. The van der Waals surface area contributed by atoms with Crippen molar-refractivity contribution in [3.8, 4) is 11.1 Å². The van der Waals surface area contributed by atoms with E-state index in [9.17, 15) is 0 Å². The van der Waals surface area contributed by atoms with Crippen LogP contribution in [0.3, 0.4) is 0 Å². The molecular weight excluding hydrogens is 244 g/mol. The van der Waals surface area contributed by atoms with Crippen molar-refractivity contribution in [1.82, 2.24) is 9.97 Å². The van der Waals surface area contributed by atoms with Gasteiger partial charge < -0.3 is 0 Å². The highest BCUT2D eigenvalue weighted by molar-refractivity contribution is 5.67. The van der Waals surface area contributed by atoms with E-state index in [4.69, 9.17) is 8.22 Å². The van der Waals surface area contributed by atoms with Crippen molar-refractivity contribution in [2.45, 2.75) is 52.4 Å². The van der Waals surface area contributed by atoms with E-state index in [-0.39, 0.29) is 47.8 Å². The zero-order chi connectivity index (χ0) is 20.2. The predicted octanol–water partition coefficient (Wildman–Crippen LogP) is 4.74. The minimum absolute atomic E-state index is 0.0520. The second-order valence-corrected chi connectivity index (χ2v) is 6.91. The Balaban J connectivity index is 3.07. The normalized spacial score (nSPS) is 16.7. The summed E-state index contributed by atoms with van der Waals surface area (Å²) in [7, 11) is 0. The lowest BCUT2D eigenvalue weighted by Gasteiger charge is -2.23. The summed E-state index contributed by atoms with van der Waals surface area (Å²) in [6.07, 6.45) is -0.532. The van der Waals surface area contributed by atoms with E-state index in [1.165, 1.54) is 0 Å². The first kappa shape index (κ1) is 8.56. The third-order valence-corrected chi connectivity index (χ3v) is 2.95. The Morgan fingerprint density at radius 2 is 1.70 bits per heavy atom. The lowest BCUT2D eigenvalue weighted by atomic mass is 9.83. The van der Waals surface area contributed by atoms with Gasteiger partial charge in [0, 0.05) is 17.2 Å². The van der Waals surface area contributed by atoms with Gasteiger partial charge in [0.1, 0.15) is 7.67 Å². The Hall–Kier alpha value is -1.70. The van der Waals surface area contributed by atoms with Crippen LogP contribution in [0.5, 0.6) is 0 Å². The highest BCUT2D eigenvalue weighted by Crippen LogP contribution is 2.32. The molecule has 0 unspecified atom stereocenters. The average Bonchev–Trinajstić information content (AvgIpc) is 2.44. The van der Waals surface area contributed by atoms with Crippen molar-refractivity contribution in [3.63, 3.8) is 0 Å². The monoisotopic (exact) mass is 274 g/mol. The second kappa shape index (κ2) is 5.01. The summed E-state index contributed by atoms with van der Waals surface area (Å²) < 4.78 is 49.4. The third kappa shape index (κ3) is 3.06. The predicted molar refractivity (Wildman–Crippen MR) is 84.9 cm³/mol. The fraction of sp³-hybridized carbons (Fsp3) is 0.444. The van der Waals surface area contributed by atoms with Crippen molar-refractivity contribution in [3.05, 3.63) is 47.9 Å². The molecule has 0 spiro atoms. The van der Waals surface area contributed by atoms with Gasteiger partial charge in [0.2, 0.25) is 0 Å². The largest absolute Gasteiger partial charge is 0.244 e. The van der Waals surface area contributed by atoms with Crippen molar-refractivity contribution in [2.75, 3.05) is 0 Å². The van der Waals surface area contributed by atoms with Gasteiger partial charge in [-0.3, -0.25) is 0 Å². The van der Waals surface area contributed by atoms with Crippen LogP contribution in [-0.4, -0.2) is 9.97 Å². The van der Waals surface area contributed by atoms with E-state index in [1.54, 1.807) is 0 Å². The summed E-state index contributed by atoms with van der Waals surface area (Å²) >= 11 is 0. The Kier molecular flexibility index (Phi) is 2.14. The fourth-order valence-corrected chi connectivity index (χ4v) is 1.83. The van der Waals surface area contributed by atoms with Crippen LogP contribution in [0.4, 0.5) is 0 Å². The number of hydrogen-bond acceptors (Lipinski definition) is 2. The molecule has 2 heteroatoms. The van der Waals surface area contributed by atoms with Gasteiger partial charge in [0.15, 0.2) is 0 Å². The van der Waals surface area contributed by atoms with E-state index < -0.39 is 10.8 Å². The van der Waals surface area contributed by atoms with Crippen molar-refractivity contribution < 1.29 is 8.22 Å². The second-order valence-electron chi connectivity index (χ2n) is 6.91. The summed E-state index contributed by atoms with van der Waals surface area (Å²) in [4.78, 5) is 7.97. The lowest BCUT2D eigenvalue weighted by molar-refractivity contribution is 0.568. The molecule has 1 aromatic heterocycles. The molecule has 0 amide bonds. The van der Waals surface area contributed by atoms with Crippen molar-refractivity contribution in [1.29, 1.82) is 0 Å². The molecule has 0 N–H and O–H groups in total. The van der Waals surface area contributed by atoms with Gasteiger partial charge >= 0.3 is 0 Å². The van der Waals surface area contributed by atoms with Gasteiger partial charge in [-0.15, -0.1) is 0 Å². The number of benzene rings is 1. The molecule has 0 aliphatic rings. The van der Waals surface area contributed by atoms with E-state index >= 15 is 0 Å². The molecular formula is C18H24N2. The minimum Gasteiger partial charge on any atom is -0.244 e. The molecule has 0 saturated carbocycles. The Morgan fingerprint density at radius 1 is 1.00 bits per heavy atom. The van der Waals surface area contributed by atoms with Gasteiger partial charge in [-0.05, 0) is 16.5 Å². The Morgan fingerprint density at radius 3 is 2.30 bits per heavy atom. The maximum absolute atomic E-state index is 8.66. The molecule has 0 saturated heterocycles. The van der Waals surface area contributed by atoms with Crippen LogP contribution in [0.25, 0.3) is 11.1 Å². The molecule has 2 nitrogen and oxygen atoms in total. The molecule has 2 rings (SSSR count). The SMILES string of the molecule is [2H]c1nc([2H])c(-c2c([2H])c([2H])c([2H])c(C(C)(C)C)c2[2H])c(C(C)(C)C)n1. The molecule has 0 radical (unpaired) electrons. The summed E-state index contributed by atoms with van der Waals surface area (Å²) in [5, 5.41) is 0. The van der Waals surface area contributed by atoms with Gasteiger partial charge in [-0.1, -0.05) is 65.7 Å². The first-order valence-electron chi connectivity index (χ1n) is 9.64.